The molecule has 0 saturated heterocycles. The summed E-state index contributed by atoms with van der Waals surface area (Å²) in [5, 5.41) is 11.9. The van der Waals surface area contributed by atoms with Crippen molar-refractivity contribution in [1.82, 2.24) is 0 Å². The number of carbonyl (C=O) groups is 1. The molecule has 0 aromatic heterocycles. The highest BCUT2D eigenvalue weighted by atomic mass is 79.9. The molecule has 98 valence electrons. The molecule has 2 aromatic rings. The topological polar surface area (TPSA) is 49.3 Å². The highest BCUT2D eigenvalue weighted by molar-refractivity contribution is 9.10. The summed E-state index contributed by atoms with van der Waals surface area (Å²) in [4.78, 5) is 12.0. The number of halogens is 3. The highest BCUT2D eigenvalue weighted by Gasteiger charge is 2.15. The second kappa shape index (κ2) is 5.59. The minimum absolute atomic E-state index is 0.0203. The zero-order valence-corrected chi connectivity index (χ0v) is 11.8. The second-order valence-corrected chi connectivity index (χ2v) is 4.98. The van der Waals surface area contributed by atoms with Crippen LogP contribution < -0.4 is 5.32 Å². The molecule has 0 heterocycles. The number of nitrogens with one attached hydrogen (secondary N) is 1. The fourth-order valence-corrected chi connectivity index (χ4v) is 2.13. The lowest BCUT2D eigenvalue weighted by atomic mass is 10.2. The molecule has 2 N–H and O–H groups in total. The Morgan fingerprint density at radius 2 is 2.05 bits per heavy atom. The molecule has 1 amide bonds. The van der Waals surface area contributed by atoms with Gasteiger partial charge in [0.15, 0.2) is 0 Å². The van der Waals surface area contributed by atoms with Crippen LogP contribution in [0.25, 0.3) is 0 Å². The summed E-state index contributed by atoms with van der Waals surface area (Å²) in [5.41, 5.74) is 0.0868. The van der Waals surface area contributed by atoms with E-state index in [1.807, 2.05) is 0 Å². The van der Waals surface area contributed by atoms with Crippen LogP contribution in [0, 0.1) is 5.82 Å². The Bertz CT molecular complexity index is 628. The Hall–Kier alpha value is -1.59. The normalized spacial score (nSPS) is 10.3. The Morgan fingerprint density at radius 1 is 1.32 bits per heavy atom. The van der Waals surface area contributed by atoms with Crippen molar-refractivity contribution in [2.24, 2.45) is 0 Å². The van der Waals surface area contributed by atoms with Gasteiger partial charge in [0.2, 0.25) is 0 Å². The molecular weight excluding hydrogens is 337 g/mol. The van der Waals surface area contributed by atoms with Crippen LogP contribution in [0.5, 0.6) is 5.75 Å². The third-order valence-corrected chi connectivity index (χ3v) is 3.39. The Morgan fingerprint density at radius 3 is 2.74 bits per heavy atom. The minimum Gasteiger partial charge on any atom is -0.508 e. The van der Waals surface area contributed by atoms with Crippen molar-refractivity contribution in [1.29, 1.82) is 0 Å². The molecule has 0 aliphatic rings. The SMILES string of the molecule is O=C(Nc1c(F)cccc1Br)c1cc(O)ccc1Cl. The molecular formula is C13H8BrClFNO2. The van der Waals surface area contributed by atoms with Crippen molar-refractivity contribution in [2.75, 3.05) is 5.32 Å². The van der Waals surface area contributed by atoms with E-state index in [0.29, 0.717) is 4.47 Å². The summed E-state index contributed by atoms with van der Waals surface area (Å²) < 4.78 is 14.0. The molecule has 19 heavy (non-hydrogen) atoms. The number of carbonyl (C=O) groups excluding carboxylic acids is 1. The molecule has 0 radical (unpaired) electrons. The molecule has 0 spiro atoms. The van der Waals surface area contributed by atoms with Crippen molar-refractivity contribution in [2.45, 2.75) is 0 Å². The summed E-state index contributed by atoms with van der Waals surface area (Å²) in [7, 11) is 0. The maximum Gasteiger partial charge on any atom is 0.257 e. The zero-order valence-electron chi connectivity index (χ0n) is 9.45. The van der Waals surface area contributed by atoms with Gasteiger partial charge in [0, 0.05) is 4.47 Å². The maximum atomic E-state index is 13.6. The number of phenolic OH excluding ortho intramolecular Hbond substituents is 1. The molecule has 2 rings (SSSR count). The number of amides is 1. The average Bonchev–Trinajstić information content (AvgIpc) is 2.37. The zero-order chi connectivity index (χ0) is 14.0. The van der Waals surface area contributed by atoms with Crippen LogP contribution in [-0.2, 0) is 0 Å². The number of hydrogen-bond acceptors (Lipinski definition) is 2. The first-order valence-corrected chi connectivity index (χ1v) is 6.40. The average molecular weight is 345 g/mol. The van der Waals surface area contributed by atoms with Gasteiger partial charge in [0.05, 0.1) is 16.3 Å². The van der Waals surface area contributed by atoms with Gasteiger partial charge in [-0.05, 0) is 46.3 Å². The molecule has 0 aliphatic carbocycles. The van der Waals surface area contributed by atoms with Crippen LogP contribution >= 0.6 is 27.5 Å². The predicted molar refractivity (Wildman–Crippen MR) is 75.2 cm³/mol. The van der Waals surface area contributed by atoms with Crippen LogP contribution in [0.2, 0.25) is 5.02 Å². The lowest BCUT2D eigenvalue weighted by Crippen LogP contribution is -2.14. The van der Waals surface area contributed by atoms with Crippen molar-refractivity contribution in [3.8, 4) is 5.75 Å². The van der Waals surface area contributed by atoms with E-state index in [4.69, 9.17) is 11.6 Å². The molecule has 0 unspecified atom stereocenters. The van der Waals surface area contributed by atoms with Crippen molar-refractivity contribution >= 4 is 39.1 Å². The number of anilines is 1. The number of benzene rings is 2. The molecule has 0 atom stereocenters. The van der Waals surface area contributed by atoms with E-state index in [1.165, 1.54) is 30.3 Å². The molecule has 3 nitrogen and oxygen atoms in total. The Balaban J connectivity index is 2.34. The van der Waals surface area contributed by atoms with Crippen molar-refractivity contribution in [3.63, 3.8) is 0 Å². The number of aromatic hydroxyl groups is 1. The third kappa shape index (κ3) is 3.05. The lowest BCUT2D eigenvalue weighted by molar-refractivity contribution is 0.102. The van der Waals surface area contributed by atoms with Crippen LogP contribution in [0.4, 0.5) is 10.1 Å². The van der Waals surface area contributed by atoms with Gasteiger partial charge >= 0.3 is 0 Å². The summed E-state index contributed by atoms with van der Waals surface area (Å²) in [6.07, 6.45) is 0. The number of phenols is 1. The number of hydrogen-bond donors (Lipinski definition) is 2. The van der Waals surface area contributed by atoms with Gasteiger partial charge < -0.3 is 10.4 Å². The first kappa shape index (κ1) is 13.8. The molecule has 0 fully saturated rings. The van der Waals surface area contributed by atoms with Gasteiger partial charge in [0.1, 0.15) is 11.6 Å². The van der Waals surface area contributed by atoms with Crippen LogP contribution in [0.3, 0.4) is 0 Å². The Labute approximate surface area is 122 Å². The number of rotatable bonds is 2. The quantitative estimate of drug-likeness (QED) is 0.858. The summed E-state index contributed by atoms with van der Waals surface area (Å²) in [5.74, 6) is -1.27. The van der Waals surface area contributed by atoms with Gasteiger partial charge in [-0.1, -0.05) is 17.7 Å². The second-order valence-electron chi connectivity index (χ2n) is 3.71. The summed E-state index contributed by atoms with van der Waals surface area (Å²) in [6.45, 7) is 0. The van der Waals surface area contributed by atoms with E-state index in [1.54, 1.807) is 6.07 Å². The predicted octanol–water partition coefficient (Wildman–Crippen LogP) is 4.20. The Kier molecular flexibility index (Phi) is 4.07. The van der Waals surface area contributed by atoms with Gasteiger partial charge in [-0.25, -0.2) is 4.39 Å². The van der Waals surface area contributed by atoms with Gasteiger partial charge in [-0.2, -0.15) is 0 Å². The summed E-state index contributed by atoms with van der Waals surface area (Å²) in [6, 6.07) is 8.30. The van der Waals surface area contributed by atoms with E-state index in [0.717, 1.165) is 0 Å². The van der Waals surface area contributed by atoms with Crippen molar-refractivity contribution < 1.29 is 14.3 Å². The number of para-hydroxylation sites is 1. The largest absolute Gasteiger partial charge is 0.508 e. The minimum atomic E-state index is -0.605. The van der Waals surface area contributed by atoms with Crippen molar-refractivity contribution in [3.05, 3.63) is 57.3 Å². The van der Waals surface area contributed by atoms with Gasteiger partial charge in [0.25, 0.3) is 5.91 Å². The van der Waals surface area contributed by atoms with Crippen LogP contribution in [0.1, 0.15) is 10.4 Å². The summed E-state index contributed by atoms with van der Waals surface area (Å²) >= 11 is 9.00. The first-order valence-electron chi connectivity index (χ1n) is 5.23. The lowest BCUT2D eigenvalue weighted by Gasteiger charge is -2.09. The monoisotopic (exact) mass is 343 g/mol. The molecule has 6 heteroatoms. The maximum absolute atomic E-state index is 13.6. The van der Waals surface area contributed by atoms with E-state index in [-0.39, 0.29) is 22.0 Å². The van der Waals surface area contributed by atoms with Crippen LogP contribution in [0.15, 0.2) is 40.9 Å². The standard InChI is InChI=1S/C13H8BrClFNO2/c14-9-2-1-3-11(16)12(9)17-13(19)8-6-7(18)4-5-10(8)15/h1-6,18H,(H,17,19). The fraction of sp³-hybridized carbons (Fsp3) is 0. The molecule has 0 saturated carbocycles. The first-order chi connectivity index (χ1) is 8.99. The molecule has 2 aromatic carbocycles. The van der Waals surface area contributed by atoms with Gasteiger partial charge in [-0.3, -0.25) is 4.79 Å². The van der Waals surface area contributed by atoms with Gasteiger partial charge in [-0.15, -0.1) is 0 Å². The molecule has 0 bridgehead atoms. The fourth-order valence-electron chi connectivity index (χ4n) is 1.49. The smallest absolute Gasteiger partial charge is 0.257 e. The molecule has 0 aliphatic heterocycles. The third-order valence-electron chi connectivity index (χ3n) is 2.40. The van der Waals surface area contributed by atoms with E-state index in [9.17, 15) is 14.3 Å². The van der Waals surface area contributed by atoms with E-state index < -0.39 is 11.7 Å². The van der Waals surface area contributed by atoms with E-state index in [2.05, 4.69) is 21.2 Å². The van der Waals surface area contributed by atoms with Crippen LogP contribution in [-0.4, -0.2) is 11.0 Å². The van der Waals surface area contributed by atoms with E-state index >= 15 is 0 Å². The highest BCUT2D eigenvalue weighted by Crippen LogP contribution is 2.27.